The molecule has 0 aliphatic heterocycles. The largest absolute Gasteiger partial charge is 0.224 e. The summed E-state index contributed by atoms with van der Waals surface area (Å²) in [5.74, 6) is 0.605. The minimum Gasteiger partial charge on any atom is -0.224 e. The molecule has 0 unspecified atom stereocenters. The van der Waals surface area contributed by atoms with Crippen molar-refractivity contribution in [3.63, 3.8) is 0 Å². The van der Waals surface area contributed by atoms with Crippen LogP contribution < -0.4 is 0 Å². The monoisotopic (exact) mass is 231 g/mol. The van der Waals surface area contributed by atoms with Gasteiger partial charge in [-0.05, 0) is 12.1 Å². The van der Waals surface area contributed by atoms with Gasteiger partial charge >= 0.3 is 0 Å². The van der Waals surface area contributed by atoms with E-state index in [0.29, 0.717) is 11.0 Å². The number of halogens is 1. The molecule has 0 fully saturated rings. The van der Waals surface area contributed by atoms with Gasteiger partial charge in [-0.15, -0.1) is 5.10 Å². The zero-order chi connectivity index (χ0) is 11.0. The number of fused-ring (bicyclic) bond motifs is 1. The van der Waals surface area contributed by atoms with E-state index >= 15 is 0 Å². The summed E-state index contributed by atoms with van der Waals surface area (Å²) in [6.45, 7) is 0. The lowest BCUT2D eigenvalue weighted by atomic mass is 10.3. The summed E-state index contributed by atoms with van der Waals surface area (Å²) in [6, 6.07) is 9.29. The van der Waals surface area contributed by atoms with Crippen LogP contribution in [0.2, 0.25) is 5.15 Å². The van der Waals surface area contributed by atoms with Crippen LogP contribution in [0.15, 0.2) is 36.7 Å². The van der Waals surface area contributed by atoms with Crippen molar-refractivity contribution in [3.05, 3.63) is 41.8 Å². The highest BCUT2D eigenvalue weighted by molar-refractivity contribution is 6.29. The van der Waals surface area contributed by atoms with Gasteiger partial charge in [-0.1, -0.05) is 28.9 Å². The van der Waals surface area contributed by atoms with Crippen molar-refractivity contribution >= 4 is 22.6 Å². The maximum atomic E-state index is 5.80. The van der Waals surface area contributed by atoms with Crippen molar-refractivity contribution in [2.75, 3.05) is 0 Å². The Kier molecular flexibility index (Phi) is 2.04. The molecule has 0 aliphatic carbocycles. The quantitative estimate of drug-likeness (QED) is 0.600. The first-order valence-electron chi connectivity index (χ1n) is 4.63. The van der Waals surface area contributed by atoms with E-state index in [0.717, 1.165) is 11.0 Å². The SMILES string of the molecule is Clc1cc(-n2nnc3ccccc32)ncn1. The van der Waals surface area contributed by atoms with Crippen LogP contribution in [0.3, 0.4) is 0 Å². The normalized spacial score (nSPS) is 10.8. The van der Waals surface area contributed by atoms with Crippen LogP contribution in [0.25, 0.3) is 16.9 Å². The van der Waals surface area contributed by atoms with Gasteiger partial charge in [-0.25, -0.2) is 9.97 Å². The Bertz CT molecular complexity index is 648. The van der Waals surface area contributed by atoms with Crippen molar-refractivity contribution in [2.45, 2.75) is 0 Å². The third kappa shape index (κ3) is 1.42. The lowest BCUT2D eigenvalue weighted by Gasteiger charge is -1.99. The molecule has 0 N–H and O–H groups in total. The van der Waals surface area contributed by atoms with Crippen molar-refractivity contribution in [3.8, 4) is 5.82 Å². The number of benzene rings is 1. The van der Waals surface area contributed by atoms with Crippen molar-refractivity contribution in [1.82, 2.24) is 25.0 Å². The van der Waals surface area contributed by atoms with Crippen LogP contribution in [-0.2, 0) is 0 Å². The van der Waals surface area contributed by atoms with Gasteiger partial charge < -0.3 is 0 Å². The van der Waals surface area contributed by atoms with Gasteiger partial charge in [0.15, 0.2) is 5.82 Å². The Balaban J connectivity index is 2.26. The molecule has 0 bridgehead atoms. The summed E-state index contributed by atoms with van der Waals surface area (Å²) in [6.07, 6.45) is 1.40. The maximum absolute atomic E-state index is 5.80. The Morgan fingerprint density at radius 2 is 2.00 bits per heavy atom. The van der Waals surface area contributed by atoms with Crippen molar-refractivity contribution in [2.24, 2.45) is 0 Å². The molecule has 5 nitrogen and oxygen atoms in total. The van der Waals surface area contributed by atoms with Gasteiger partial charge in [-0.3, -0.25) is 0 Å². The summed E-state index contributed by atoms with van der Waals surface area (Å²) in [4.78, 5) is 7.92. The zero-order valence-corrected chi connectivity index (χ0v) is 8.83. The smallest absolute Gasteiger partial charge is 0.160 e. The van der Waals surface area contributed by atoms with Gasteiger partial charge in [0, 0.05) is 6.07 Å². The Hall–Kier alpha value is -2.01. The summed E-state index contributed by atoms with van der Waals surface area (Å²) in [7, 11) is 0. The molecular formula is C10H6ClN5. The fraction of sp³-hybridized carbons (Fsp3) is 0. The molecule has 6 heteroatoms. The van der Waals surface area contributed by atoms with Gasteiger partial charge in [0.1, 0.15) is 17.0 Å². The average Bonchev–Trinajstić information content (AvgIpc) is 2.72. The van der Waals surface area contributed by atoms with Crippen LogP contribution in [0.4, 0.5) is 0 Å². The van der Waals surface area contributed by atoms with E-state index in [1.54, 1.807) is 10.7 Å². The number of rotatable bonds is 1. The van der Waals surface area contributed by atoms with Crippen LogP contribution in [0.1, 0.15) is 0 Å². The number of hydrogen-bond donors (Lipinski definition) is 0. The van der Waals surface area contributed by atoms with Gasteiger partial charge in [0.25, 0.3) is 0 Å². The number of hydrogen-bond acceptors (Lipinski definition) is 4. The number of nitrogens with zero attached hydrogens (tertiary/aromatic N) is 5. The summed E-state index contributed by atoms with van der Waals surface area (Å²) < 4.78 is 1.63. The van der Waals surface area contributed by atoms with E-state index in [1.807, 2.05) is 24.3 Å². The number of aromatic nitrogens is 5. The predicted octanol–water partition coefficient (Wildman–Crippen LogP) is 1.86. The highest BCUT2D eigenvalue weighted by Gasteiger charge is 2.06. The molecule has 0 spiro atoms. The van der Waals surface area contributed by atoms with E-state index < -0.39 is 0 Å². The molecule has 0 atom stereocenters. The van der Waals surface area contributed by atoms with Crippen LogP contribution >= 0.6 is 11.6 Å². The molecule has 0 saturated carbocycles. The van der Waals surface area contributed by atoms with E-state index in [1.165, 1.54) is 6.33 Å². The standard InChI is InChI=1S/C10H6ClN5/c11-9-5-10(13-6-12-9)16-8-4-2-1-3-7(8)14-15-16/h1-6H. The Morgan fingerprint density at radius 1 is 1.12 bits per heavy atom. The van der Waals surface area contributed by atoms with Gasteiger partial charge in [0.2, 0.25) is 0 Å². The fourth-order valence-corrected chi connectivity index (χ4v) is 1.62. The van der Waals surface area contributed by atoms with Crippen LogP contribution in [0, 0.1) is 0 Å². The fourth-order valence-electron chi connectivity index (χ4n) is 1.48. The van der Waals surface area contributed by atoms with E-state index in [-0.39, 0.29) is 0 Å². The van der Waals surface area contributed by atoms with Gasteiger partial charge in [-0.2, -0.15) is 4.68 Å². The van der Waals surface area contributed by atoms with E-state index in [2.05, 4.69) is 20.3 Å². The lowest BCUT2D eigenvalue weighted by Crippen LogP contribution is -1.99. The third-order valence-corrected chi connectivity index (χ3v) is 2.39. The van der Waals surface area contributed by atoms with Crippen molar-refractivity contribution in [1.29, 1.82) is 0 Å². The van der Waals surface area contributed by atoms with E-state index in [4.69, 9.17) is 11.6 Å². The molecule has 2 heterocycles. The minimum absolute atomic E-state index is 0.379. The third-order valence-electron chi connectivity index (χ3n) is 2.19. The maximum Gasteiger partial charge on any atom is 0.160 e. The molecule has 2 aromatic heterocycles. The second-order valence-electron chi connectivity index (χ2n) is 3.19. The molecular weight excluding hydrogens is 226 g/mol. The summed E-state index contributed by atoms with van der Waals surface area (Å²) in [5.41, 5.74) is 1.70. The zero-order valence-electron chi connectivity index (χ0n) is 8.08. The lowest BCUT2D eigenvalue weighted by molar-refractivity contribution is 0.797. The highest BCUT2D eigenvalue weighted by atomic mass is 35.5. The summed E-state index contributed by atoms with van der Waals surface area (Å²) in [5, 5.41) is 8.44. The molecule has 0 aliphatic rings. The Morgan fingerprint density at radius 3 is 2.88 bits per heavy atom. The van der Waals surface area contributed by atoms with Crippen molar-refractivity contribution < 1.29 is 0 Å². The molecule has 78 valence electrons. The van der Waals surface area contributed by atoms with Gasteiger partial charge in [0.05, 0.1) is 5.52 Å². The minimum atomic E-state index is 0.379. The number of para-hydroxylation sites is 1. The second-order valence-corrected chi connectivity index (χ2v) is 3.58. The first-order valence-corrected chi connectivity index (χ1v) is 5.01. The topological polar surface area (TPSA) is 56.5 Å². The molecule has 3 rings (SSSR count). The molecule has 16 heavy (non-hydrogen) atoms. The first-order chi connectivity index (χ1) is 7.84. The summed E-state index contributed by atoms with van der Waals surface area (Å²) >= 11 is 5.80. The molecule has 0 radical (unpaired) electrons. The molecule has 0 saturated heterocycles. The van der Waals surface area contributed by atoms with Crippen LogP contribution in [-0.4, -0.2) is 25.0 Å². The van der Waals surface area contributed by atoms with Crippen LogP contribution in [0.5, 0.6) is 0 Å². The predicted molar refractivity (Wildman–Crippen MR) is 59.5 cm³/mol. The molecule has 1 aromatic carbocycles. The molecule has 3 aromatic rings. The average molecular weight is 232 g/mol. The Labute approximate surface area is 95.7 Å². The second kappa shape index (κ2) is 3.53. The molecule has 0 amide bonds. The van der Waals surface area contributed by atoms with E-state index in [9.17, 15) is 0 Å². The highest BCUT2D eigenvalue weighted by Crippen LogP contribution is 2.15. The first kappa shape index (κ1) is 9.23.